The minimum absolute atomic E-state index is 0.0767. The van der Waals surface area contributed by atoms with Crippen LogP contribution in [-0.4, -0.2) is 34.2 Å². The van der Waals surface area contributed by atoms with Crippen LogP contribution in [0.4, 0.5) is 4.79 Å². The molecule has 1 saturated heterocycles. The van der Waals surface area contributed by atoms with Gasteiger partial charge in [0.05, 0.1) is 0 Å². The van der Waals surface area contributed by atoms with Crippen molar-refractivity contribution >= 4 is 12.1 Å². The minimum atomic E-state index is -1.29. The second-order valence-corrected chi connectivity index (χ2v) is 8.10. The van der Waals surface area contributed by atoms with Gasteiger partial charge >= 0.3 is 12.1 Å². The average molecular weight is 446 g/mol. The van der Waals surface area contributed by atoms with Gasteiger partial charge in [0.2, 0.25) is 6.23 Å². The molecule has 1 aliphatic rings. The number of carbonyl (C=O) groups excluding carboxylic acids is 2. The van der Waals surface area contributed by atoms with E-state index in [9.17, 15) is 14.7 Å². The van der Waals surface area contributed by atoms with Crippen LogP contribution in [0.25, 0.3) is 0 Å². The third kappa shape index (κ3) is 4.91. The minimum Gasteiger partial charge on any atom is -0.444 e. The van der Waals surface area contributed by atoms with Gasteiger partial charge in [-0.3, -0.25) is 4.90 Å². The normalized spacial score (nSPS) is 19.8. The first kappa shape index (κ1) is 22.6. The Hall–Kier alpha value is -3.64. The van der Waals surface area contributed by atoms with E-state index in [0.29, 0.717) is 12.0 Å². The van der Waals surface area contributed by atoms with Crippen LogP contribution in [0, 0.1) is 0 Å². The van der Waals surface area contributed by atoms with Crippen molar-refractivity contribution in [3.8, 4) is 0 Å². The summed E-state index contributed by atoms with van der Waals surface area (Å²) in [7, 11) is 0. The van der Waals surface area contributed by atoms with Crippen molar-refractivity contribution in [3.05, 3.63) is 108 Å². The monoisotopic (exact) mass is 445 g/mol. The maximum absolute atomic E-state index is 13.5. The van der Waals surface area contributed by atoms with Crippen LogP contribution in [0.15, 0.2) is 91.0 Å². The fourth-order valence-electron chi connectivity index (χ4n) is 4.25. The Labute approximate surface area is 193 Å². The van der Waals surface area contributed by atoms with E-state index in [2.05, 4.69) is 0 Å². The molecule has 0 radical (unpaired) electrons. The first-order valence-corrected chi connectivity index (χ1v) is 11.0. The number of benzene rings is 3. The van der Waals surface area contributed by atoms with Gasteiger partial charge in [-0.1, -0.05) is 91.0 Å². The number of aliphatic hydroxyl groups excluding tert-OH is 1. The Morgan fingerprint density at radius 3 is 2.09 bits per heavy atom. The molecule has 3 aromatic carbocycles. The lowest BCUT2D eigenvalue weighted by atomic mass is 9.85. The molecular formula is C27H27NO5. The lowest BCUT2D eigenvalue weighted by Gasteiger charge is -2.35. The van der Waals surface area contributed by atoms with Crippen molar-refractivity contribution in [2.75, 3.05) is 6.61 Å². The van der Waals surface area contributed by atoms with Gasteiger partial charge in [-0.2, -0.15) is 0 Å². The molecule has 0 saturated carbocycles. The standard InChI is InChI=1S/C27H27NO5/c29-18-10-17-27(19-21-11-4-1-5-12-21)25(30)33-24(23-15-8-3-9-16-23)28(27)26(31)32-20-22-13-6-2-7-14-22/h1-9,11-16,24,29H,10,17-20H2. The number of esters is 1. The molecule has 1 amide bonds. The highest BCUT2D eigenvalue weighted by Gasteiger charge is 2.58. The van der Waals surface area contributed by atoms with Gasteiger partial charge in [-0.25, -0.2) is 9.59 Å². The van der Waals surface area contributed by atoms with Crippen LogP contribution in [-0.2, 0) is 27.3 Å². The van der Waals surface area contributed by atoms with Crippen molar-refractivity contribution in [1.82, 2.24) is 4.90 Å². The van der Waals surface area contributed by atoms with E-state index in [1.807, 2.05) is 91.0 Å². The first-order valence-electron chi connectivity index (χ1n) is 11.0. The van der Waals surface area contributed by atoms with Gasteiger partial charge in [-0.05, 0) is 24.0 Å². The quantitative estimate of drug-likeness (QED) is 0.512. The summed E-state index contributed by atoms with van der Waals surface area (Å²) < 4.78 is 11.5. The number of rotatable bonds is 8. The van der Waals surface area contributed by atoms with Crippen molar-refractivity contribution < 1.29 is 24.2 Å². The molecule has 6 heteroatoms. The topological polar surface area (TPSA) is 76.1 Å². The van der Waals surface area contributed by atoms with Gasteiger partial charge in [0.1, 0.15) is 6.61 Å². The van der Waals surface area contributed by atoms with Gasteiger partial charge in [-0.15, -0.1) is 0 Å². The second-order valence-electron chi connectivity index (χ2n) is 8.10. The van der Waals surface area contributed by atoms with Crippen LogP contribution in [0.5, 0.6) is 0 Å². The Morgan fingerprint density at radius 1 is 0.909 bits per heavy atom. The van der Waals surface area contributed by atoms with Crippen LogP contribution in [0.3, 0.4) is 0 Å². The Balaban J connectivity index is 1.72. The third-order valence-electron chi connectivity index (χ3n) is 5.87. The number of cyclic esters (lactones) is 1. The molecule has 0 spiro atoms. The van der Waals surface area contributed by atoms with E-state index in [1.54, 1.807) is 0 Å². The Morgan fingerprint density at radius 2 is 1.48 bits per heavy atom. The number of hydrogen-bond acceptors (Lipinski definition) is 5. The number of amides is 1. The number of ether oxygens (including phenoxy) is 2. The molecule has 4 rings (SSSR count). The molecule has 33 heavy (non-hydrogen) atoms. The molecular weight excluding hydrogens is 418 g/mol. The summed E-state index contributed by atoms with van der Waals surface area (Å²) in [4.78, 5) is 28.4. The largest absolute Gasteiger partial charge is 0.444 e. The zero-order chi connectivity index (χ0) is 23.1. The average Bonchev–Trinajstić information content (AvgIpc) is 3.15. The van der Waals surface area contributed by atoms with Crippen LogP contribution in [0.2, 0.25) is 0 Å². The maximum Gasteiger partial charge on any atom is 0.414 e. The molecule has 2 unspecified atom stereocenters. The molecule has 0 aliphatic carbocycles. The van der Waals surface area contributed by atoms with Crippen LogP contribution < -0.4 is 0 Å². The smallest absolute Gasteiger partial charge is 0.414 e. The summed E-state index contributed by atoms with van der Waals surface area (Å²) in [5.41, 5.74) is 1.12. The van der Waals surface area contributed by atoms with E-state index < -0.39 is 23.8 Å². The number of aliphatic hydroxyl groups is 1. The zero-order valence-corrected chi connectivity index (χ0v) is 18.3. The van der Waals surface area contributed by atoms with Crippen LogP contribution >= 0.6 is 0 Å². The molecule has 170 valence electrons. The maximum atomic E-state index is 13.5. The summed E-state index contributed by atoms with van der Waals surface area (Å²) in [6.45, 7) is -0.0278. The molecule has 1 heterocycles. The zero-order valence-electron chi connectivity index (χ0n) is 18.3. The van der Waals surface area contributed by atoms with Gasteiger partial charge in [0.25, 0.3) is 0 Å². The predicted molar refractivity (Wildman–Crippen MR) is 123 cm³/mol. The molecule has 1 aliphatic heterocycles. The molecule has 0 aromatic heterocycles. The van der Waals surface area contributed by atoms with E-state index in [1.165, 1.54) is 4.90 Å². The molecule has 6 nitrogen and oxygen atoms in total. The predicted octanol–water partition coefficient (Wildman–Crippen LogP) is 4.63. The molecule has 0 bridgehead atoms. The Kier molecular flexibility index (Phi) is 7.05. The van der Waals surface area contributed by atoms with E-state index >= 15 is 0 Å². The number of nitrogens with zero attached hydrogens (tertiary/aromatic N) is 1. The molecule has 1 fully saturated rings. The summed E-state index contributed by atoms with van der Waals surface area (Å²) in [5.74, 6) is -0.495. The van der Waals surface area contributed by atoms with Crippen molar-refractivity contribution in [3.63, 3.8) is 0 Å². The van der Waals surface area contributed by atoms with Gasteiger partial charge < -0.3 is 14.6 Å². The number of carbonyl (C=O) groups is 2. The van der Waals surface area contributed by atoms with E-state index in [0.717, 1.165) is 11.1 Å². The SMILES string of the molecule is O=C(OCc1ccccc1)N1C(c2ccccc2)OC(=O)C1(CCCO)Cc1ccccc1. The second kappa shape index (κ2) is 10.3. The third-order valence-corrected chi connectivity index (χ3v) is 5.87. The Bertz CT molecular complexity index is 1060. The lowest BCUT2D eigenvalue weighted by molar-refractivity contribution is -0.145. The lowest BCUT2D eigenvalue weighted by Crippen LogP contribution is -2.53. The highest BCUT2D eigenvalue weighted by atomic mass is 16.6. The molecule has 3 aromatic rings. The van der Waals surface area contributed by atoms with Gasteiger partial charge in [0, 0.05) is 18.6 Å². The summed E-state index contributed by atoms with van der Waals surface area (Å²) in [6.07, 6.45) is -0.694. The molecule has 2 atom stereocenters. The number of hydrogen-bond donors (Lipinski definition) is 1. The first-order chi connectivity index (χ1) is 16.1. The highest BCUT2D eigenvalue weighted by Crippen LogP contribution is 2.43. The summed E-state index contributed by atoms with van der Waals surface area (Å²) in [6, 6.07) is 28.1. The fraction of sp³-hybridized carbons (Fsp3) is 0.259. The molecule has 1 N–H and O–H groups in total. The van der Waals surface area contributed by atoms with E-state index in [4.69, 9.17) is 9.47 Å². The van der Waals surface area contributed by atoms with Crippen molar-refractivity contribution in [1.29, 1.82) is 0 Å². The van der Waals surface area contributed by atoms with E-state index in [-0.39, 0.29) is 26.1 Å². The summed E-state index contributed by atoms with van der Waals surface area (Å²) >= 11 is 0. The van der Waals surface area contributed by atoms with Crippen molar-refractivity contribution in [2.24, 2.45) is 0 Å². The fourth-order valence-corrected chi connectivity index (χ4v) is 4.25. The van der Waals surface area contributed by atoms with Crippen LogP contribution in [0.1, 0.15) is 35.8 Å². The highest BCUT2D eigenvalue weighted by molar-refractivity contribution is 5.89. The van der Waals surface area contributed by atoms with Crippen molar-refractivity contribution in [2.45, 2.75) is 37.6 Å². The van der Waals surface area contributed by atoms with Gasteiger partial charge in [0.15, 0.2) is 5.54 Å². The summed E-state index contributed by atoms with van der Waals surface area (Å²) in [5, 5.41) is 9.57.